The fraction of sp³-hybridized carbons (Fsp3) is 0. The van der Waals surface area contributed by atoms with Crippen molar-refractivity contribution in [3.8, 4) is 0 Å². The average molecular weight is 304 g/mol. The minimum Gasteiger partial charge on any atom is -0.313 e. The van der Waals surface area contributed by atoms with Crippen LogP contribution in [0, 0.1) is 10.1 Å². The van der Waals surface area contributed by atoms with Gasteiger partial charge in [-0.05, 0) is 22.0 Å². The lowest BCUT2D eigenvalue weighted by Crippen LogP contribution is -2.08. The molecule has 0 atom stereocenters. The highest BCUT2D eigenvalue weighted by Crippen LogP contribution is 2.36. The molecule has 0 aliphatic heterocycles. The summed E-state index contributed by atoms with van der Waals surface area (Å²) in [5.41, 5.74) is -0.857. The molecule has 0 aliphatic rings. The number of nitro benzene ring substituents is 1. The number of rotatable bonds is 1. The Balaban J connectivity index is 3.07. The number of nitrogens with one attached hydrogen (secondary N) is 1. The second-order valence-corrected chi connectivity index (χ2v) is 4.14. The third kappa shape index (κ3) is 1.57. The summed E-state index contributed by atoms with van der Waals surface area (Å²) in [4.78, 5) is 27.7. The van der Waals surface area contributed by atoms with Gasteiger partial charge >= 0.3 is 5.69 Å². The number of aromatic amines is 1. The first kappa shape index (κ1) is 11.0. The maximum atomic E-state index is 11.4. The summed E-state index contributed by atoms with van der Waals surface area (Å²) in [6.45, 7) is 0. The van der Waals surface area contributed by atoms with E-state index in [9.17, 15) is 14.9 Å². The summed E-state index contributed by atoms with van der Waals surface area (Å²) in [6, 6.07) is 1.40. The van der Waals surface area contributed by atoms with Crippen molar-refractivity contribution in [3.05, 3.63) is 42.4 Å². The van der Waals surface area contributed by atoms with Crippen molar-refractivity contribution in [2.45, 2.75) is 0 Å². The molecule has 0 amide bonds. The van der Waals surface area contributed by atoms with Crippen molar-refractivity contribution in [1.29, 1.82) is 0 Å². The summed E-state index contributed by atoms with van der Waals surface area (Å²) in [5, 5.41) is 10.9. The Morgan fingerprint density at radius 2 is 2.25 bits per heavy atom. The van der Waals surface area contributed by atoms with Gasteiger partial charge in [0.15, 0.2) is 5.52 Å². The van der Waals surface area contributed by atoms with Gasteiger partial charge in [-0.1, -0.05) is 11.6 Å². The highest BCUT2D eigenvalue weighted by atomic mass is 79.9. The molecule has 0 radical (unpaired) electrons. The van der Waals surface area contributed by atoms with Crippen LogP contribution in [0.2, 0.25) is 5.02 Å². The van der Waals surface area contributed by atoms with E-state index in [4.69, 9.17) is 11.6 Å². The molecule has 8 heteroatoms. The Hall–Kier alpha value is -1.47. The number of fused-ring (bicyclic) bond motifs is 1. The summed E-state index contributed by atoms with van der Waals surface area (Å²) in [7, 11) is 0. The van der Waals surface area contributed by atoms with Gasteiger partial charge in [0.2, 0.25) is 0 Å². The molecule has 1 aromatic heterocycles. The summed E-state index contributed by atoms with van der Waals surface area (Å²) >= 11 is 8.83. The SMILES string of the molecule is O=c1[nH]cnc2c([N+](=O)[O-])c(Cl)c(Br)cc12. The molecule has 0 unspecified atom stereocenters. The second kappa shape index (κ2) is 3.84. The Kier molecular flexibility index (Phi) is 2.64. The molecule has 82 valence electrons. The van der Waals surface area contributed by atoms with Crippen LogP contribution >= 0.6 is 27.5 Å². The molecule has 16 heavy (non-hydrogen) atoms. The van der Waals surface area contributed by atoms with Gasteiger partial charge in [-0.2, -0.15) is 0 Å². The van der Waals surface area contributed by atoms with Crippen LogP contribution in [-0.2, 0) is 0 Å². The molecule has 6 nitrogen and oxygen atoms in total. The molecule has 0 saturated heterocycles. The zero-order valence-corrected chi connectivity index (χ0v) is 9.87. The number of hydrogen-bond donors (Lipinski definition) is 1. The smallest absolute Gasteiger partial charge is 0.313 e. The van der Waals surface area contributed by atoms with E-state index in [1.165, 1.54) is 6.07 Å². The number of H-pyrrole nitrogens is 1. The van der Waals surface area contributed by atoms with Gasteiger partial charge in [0.1, 0.15) is 5.02 Å². The minimum atomic E-state index is -0.665. The first-order valence-corrected chi connectivity index (χ1v) is 5.19. The second-order valence-electron chi connectivity index (χ2n) is 2.91. The average Bonchev–Trinajstić information content (AvgIpc) is 2.21. The van der Waals surface area contributed by atoms with E-state index in [1.54, 1.807) is 0 Å². The van der Waals surface area contributed by atoms with Crippen LogP contribution in [0.3, 0.4) is 0 Å². The van der Waals surface area contributed by atoms with E-state index < -0.39 is 10.5 Å². The lowest BCUT2D eigenvalue weighted by molar-refractivity contribution is -0.383. The van der Waals surface area contributed by atoms with Crippen LogP contribution in [0.1, 0.15) is 0 Å². The van der Waals surface area contributed by atoms with Gasteiger partial charge in [0.25, 0.3) is 5.56 Å². The van der Waals surface area contributed by atoms with Crippen molar-refractivity contribution in [3.63, 3.8) is 0 Å². The van der Waals surface area contributed by atoms with E-state index in [2.05, 4.69) is 25.9 Å². The summed E-state index contributed by atoms with van der Waals surface area (Å²) < 4.78 is 0.284. The first-order chi connectivity index (χ1) is 7.52. The molecular formula is C8H3BrClN3O3. The van der Waals surface area contributed by atoms with Crippen molar-refractivity contribution in [2.24, 2.45) is 0 Å². The number of halogens is 2. The van der Waals surface area contributed by atoms with E-state index in [0.29, 0.717) is 0 Å². The third-order valence-electron chi connectivity index (χ3n) is 1.98. The van der Waals surface area contributed by atoms with Gasteiger partial charge < -0.3 is 4.98 Å². The standard InChI is InChI=1S/C8H3BrClN3O3/c9-4-1-3-6(11-2-12-8(3)14)7(5(4)10)13(15)16/h1-2H,(H,11,12,14). The Morgan fingerprint density at radius 3 is 2.88 bits per heavy atom. The monoisotopic (exact) mass is 303 g/mol. The molecule has 1 heterocycles. The Bertz CT molecular complexity index is 655. The van der Waals surface area contributed by atoms with E-state index in [0.717, 1.165) is 6.33 Å². The Morgan fingerprint density at radius 1 is 1.56 bits per heavy atom. The Labute approximate surface area is 102 Å². The topological polar surface area (TPSA) is 88.9 Å². The maximum absolute atomic E-state index is 11.4. The van der Waals surface area contributed by atoms with Gasteiger partial charge in [0, 0.05) is 4.47 Å². The highest BCUT2D eigenvalue weighted by Gasteiger charge is 2.22. The van der Waals surface area contributed by atoms with Crippen LogP contribution in [0.4, 0.5) is 5.69 Å². The predicted octanol–water partition coefficient (Wildman–Crippen LogP) is 2.25. The van der Waals surface area contributed by atoms with Crippen LogP contribution in [-0.4, -0.2) is 14.9 Å². The fourth-order valence-electron chi connectivity index (χ4n) is 1.31. The number of nitro groups is 1. The zero-order valence-electron chi connectivity index (χ0n) is 7.53. The number of nitrogens with zero attached hydrogens (tertiary/aromatic N) is 2. The van der Waals surface area contributed by atoms with Gasteiger partial charge in [-0.3, -0.25) is 14.9 Å². The van der Waals surface area contributed by atoms with Crippen molar-refractivity contribution in [2.75, 3.05) is 0 Å². The molecule has 0 bridgehead atoms. The predicted molar refractivity (Wildman–Crippen MR) is 61.7 cm³/mol. The maximum Gasteiger partial charge on any atom is 0.315 e. The van der Waals surface area contributed by atoms with Crippen molar-refractivity contribution in [1.82, 2.24) is 9.97 Å². The van der Waals surface area contributed by atoms with Crippen molar-refractivity contribution < 1.29 is 4.92 Å². The van der Waals surface area contributed by atoms with Crippen LogP contribution in [0.15, 0.2) is 21.7 Å². The minimum absolute atomic E-state index is 0.0260. The molecular weight excluding hydrogens is 301 g/mol. The number of hydrogen-bond acceptors (Lipinski definition) is 4. The third-order valence-corrected chi connectivity index (χ3v) is 3.22. The summed E-state index contributed by atoms with van der Waals surface area (Å²) in [6.07, 6.45) is 1.10. The van der Waals surface area contributed by atoms with Crippen molar-refractivity contribution >= 4 is 44.1 Å². The van der Waals surface area contributed by atoms with Gasteiger partial charge in [0.05, 0.1) is 16.6 Å². The lowest BCUT2D eigenvalue weighted by atomic mass is 10.2. The van der Waals surface area contributed by atoms with E-state index >= 15 is 0 Å². The molecule has 2 rings (SSSR count). The fourth-order valence-corrected chi connectivity index (χ4v) is 1.94. The molecule has 2 aromatic rings. The normalized spacial score (nSPS) is 10.6. The number of aromatic nitrogens is 2. The molecule has 0 aliphatic carbocycles. The zero-order chi connectivity index (χ0) is 11.9. The van der Waals surface area contributed by atoms with Gasteiger partial charge in [-0.25, -0.2) is 4.98 Å². The van der Waals surface area contributed by atoms with Crippen LogP contribution in [0.25, 0.3) is 10.9 Å². The van der Waals surface area contributed by atoms with Gasteiger partial charge in [-0.15, -0.1) is 0 Å². The quantitative estimate of drug-likeness (QED) is 0.646. The molecule has 1 aromatic carbocycles. The highest BCUT2D eigenvalue weighted by molar-refractivity contribution is 9.10. The largest absolute Gasteiger partial charge is 0.315 e. The molecule has 0 saturated carbocycles. The number of benzene rings is 1. The van der Waals surface area contributed by atoms with Crippen LogP contribution < -0.4 is 5.56 Å². The van der Waals surface area contributed by atoms with E-state index in [1.807, 2.05) is 0 Å². The lowest BCUT2D eigenvalue weighted by Gasteiger charge is -2.01. The van der Waals surface area contributed by atoms with Crippen LogP contribution in [0.5, 0.6) is 0 Å². The molecule has 1 N–H and O–H groups in total. The first-order valence-electron chi connectivity index (χ1n) is 4.02. The molecule has 0 fully saturated rings. The summed E-state index contributed by atoms with van der Waals surface area (Å²) in [5.74, 6) is 0. The molecule has 0 spiro atoms. The van der Waals surface area contributed by atoms with E-state index in [-0.39, 0.29) is 26.1 Å².